The van der Waals surface area contributed by atoms with Crippen molar-refractivity contribution in [1.82, 2.24) is 30.5 Å². The summed E-state index contributed by atoms with van der Waals surface area (Å²) in [6, 6.07) is -0.177. The maximum Gasteiger partial charge on any atom is 0.355 e. The van der Waals surface area contributed by atoms with Crippen LogP contribution in [0.1, 0.15) is 87.7 Å². The molecule has 3 N–H and O–H groups in total. The average Bonchev–Trinajstić information content (AvgIpc) is 3.33. The van der Waals surface area contributed by atoms with Crippen LogP contribution in [0, 0.1) is 11.3 Å². The Morgan fingerprint density at radius 2 is 1.82 bits per heavy atom. The van der Waals surface area contributed by atoms with Crippen molar-refractivity contribution < 1.29 is 14.7 Å². The molecule has 0 radical (unpaired) electrons. The first-order valence-corrected chi connectivity index (χ1v) is 11.8. The van der Waals surface area contributed by atoms with Crippen molar-refractivity contribution >= 4 is 17.7 Å². The van der Waals surface area contributed by atoms with E-state index in [-0.39, 0.29) is 28.9 Å². The van der Waals surface area contributed by atoms with Crippen LogP contribution >= 0.6 is 0 Å². The van der Waals surface area contributed by atoms with E-state index >= 15 is 0 Å². The van der Waals surface area contributed by atoms with Crippen molar-refractivity contribution in [1.29, 1.82) is 0 Å². The summed E-state index contributed by atoms with van der Waals surface area (Å²) in [5, 5.41) is 27.0. The highest BCUT2D eigenvalue weighted by molar-refractivity contribution is 5.97. The lowest BCUT2D eigenvalue weighted by Crippen LogP contribution is -2.43. The van der Waals surface area contributed by atoms with Gasteiger partial charge >= 0.3 is 12.0 Å². The Balaban J connectivity index is 1.66. The van der Waals surface area contributed by atoms with Gasteiger partial charge in [0.2, 0.25) is 5.82 Å². The Hall–Kier alpha value is -3.04. The number of aromatic carboxylic acids is 1. The van der Waals surface area contributed by atoms with Gasteiger partial charge in [0.05, 0.1) is 17.4 Å². The maximum atomic E-state index is 13.2. The third-order valence-corrected chi connectivity index (χ3v) is 7.15. The summed E-state index contributed by atoms with van der Waals surface area (Å²) >= 11 is 0. The van der Waals surface area contributed by atoms with Crippen LogP contribution in [0.5, 0.6) is 0 Å². The Bertz CT molecular complexity index is 986. The molecule has 0 atom stereocenters. The number of aromatic nitrogens is 5. The molecular formula is C23H33N7O3. The Morgan fingerprint density at radius 3 is 2.39 bits per heavy atom. The fourth-order valence-electron chi connectivity index (χ4n) is 5.24. The van der Waals surface area contributed by atoms with Crippen LogP contribution in [0.25, 0.3) is 11.4 Å². The quantitative estimate of drug-likeness (QED) is 0.625. The number of aromatic amines is 1. The summed E-state index contributed by atoms with van der Waals surface area (Å²) < 4.78 is 0. The molecule has 2 aliphatic rings. The van der Waals surface area contributed by atoms with Gasteiger partial charge in [-0.25, -0.2) is 14.6 Å². The molecule has 4 rings (SSSR count). The van der Waals surface area contributed by atoms with Crippen LogP contribution in [0.3, 0.4) is 0 Å². The number of hydrogen-bond donors (Lipinski definition) is 3. The monoisotopic (exact) mass is 455 g/mol. The molecule has 10 heteroatoms. The summed E-state index contributed by atoms with van der Waals surface area (Å²) in [4.78, 5) is 31.2. The number of likely N-dealkylation sites (tertiary alicyclic amines) is 1. The molecule has 0 unspecified atom stereocenters. The van der Waals surface area contributed by atoms with Gasteiger partial charge in [-0.15, -0.1) is 10.2 Å². The number of H-pyrrole nitrogens is 1. The molecule has 1 aliphatic heterocycles. The van der Waals surface area contributed by atoms with Crippen molar-refractivity contribution in [3.05, 3.63) is 17.5 Å². The highest BCUT2D eigenvalue weighted by atomic mass is 16.4. The van der Waals surface area contributed by atoms with Crippen LogP contribution < -0.4 is 5.32 Å². The smallest absolute Gasteiger partial charge is 0.355 e. The zero-order valence-electron chi connectivity index (χ0n) is 19.6. The first kappa shape index (κ1) is 23.1. The lowest BCUT2D eigenvalue weighted by Gasteiger charge is -2.38. The highest BCUT2D eigenvalue weighted by Crippen LogP contribution is 2.42. The predicted octanol–water partition coefficient (Wildman–Crippen LogP) is 4.30. The first-order valence-electron chi connectivity index (χ1n) is 11.8. The molecule has 178 valence electrons. The Kier molecular flexibility index (Phi) is 6.62. The number of nitrogens with zero attached hydrogens (tertiary/aromatic N) is 5. The molecule has 2 aromatic rings. The number of piperidine rings is 1. The number of rotatable bonds is 4. The van der Waals surface area contributed by atoms with E-state index in [1.165, 1.54) is 6.20 Å². The van der Waals surface area contributed by atoms with Crippen LogP contribution in [-0.4, -0.2) is 60.7 Å². The number of carbonyl (C=O) groups excluding carboxylic acids is 1. The van der Waals surface area contributed by atoms with Gasteiger partial charge in [-0.3, -0.25) is 0 Å². The van der Waals surface area contributed by atoms with Crippen LogP contribution in [0.4, 0.5) is 10.5 Å². The molecular weight excluding hydrogens is 422 g/mol. The van der Waals surface area contributed by atoms with E-state index in [1.54, 1.807) is 0 Å². The molecule has 2 fully saturated rings. The second-order valence-electron chi connectivity index (χ2n) is 10.2. The van der Waals surface area contributed by atoms with Gasteiger partial charge in [-0.05, 0) is 53.7 Å². The normalized spacial score (nSPS) is 18.3. The molecule has 3 heterocycles. The SMILES string of the molecule is CC(C)(C)C1CCN(C(=O)Nc2cnc(C(=O)O)c(-c3nn[nH]n3)c2C2CCCCC2)CC1. The number of carboxylic acid groups (broad SMARTS) is 1. The Morgan fingerprint density at radius 1 is 1.12 bits per heavy atom. The fourth-order valence-corrected chi connectivity index (χ4v) is 5.24. The average molecular weight is 456 g/mol. The molecule has 1 saturated carbocycles. The minimum Gasteiger partial charge on any atom is -0.476 e. The summed E-state index contributed by atoms with van der Waals surface area (Å²) in [6.45, 7) is 8.15. The van der Waals surface area contributed by atoms with E-state index < -0.39 is 5.97 Å². The van der Waals surface area contributed by atoms with Gasteiger partial charge < -0.3 is 15.3 Å². The van der Waals surface area contributed by atoms with Crippen molar-refractivity contribution in [2.24, 2.45) is 11.3 Å². The minimum absolute atomic E-state index is 0.0928. The zero-order valence-corrected chi connectivity index (χ0v) is 19.6. The molecule has 1 aliphatic carbocycles. The fraction of sp³-hybridized carbons (Fsp3) is 0.652. The van der Waals surface area contributed by atoms with E-state index in [0.717, 1.165) is 50.5 Å². The molecule has 33 heavy (non-hydrogen) atoms. The van der Waals surface area contributed by atoms with Crippen molar-refractivity contribution in [3.63, 3.8) is 0 Å². The summed E-state index contributed by atoms with van der Waals surface area (Å²) in [5.74, 6) is -0.299. The van der Waals surface area contributed by atoms with Crippen LogP contribution in [-0.2, 0) is 0 Å². The third kappa shape index (κ3) is 4.99. The summed E-state index contributed by atoms with van der Waals surface area (Å²) in [6.07, 6.45) is 8.48. The lowest BCUT2D eigenvalue weighted by molar-refractivity contribution is 0.0691. The zero-order chi connectivity index (χ0) is 23.6. The largest absolute Gasteiger partial charge is 0.476 e. The molecule has 2 aromatic heterocycles. The number of amides is 2. The number of tetrazole rings is 1. The van der Waals surface area contributed by atoms with Crippen molar-refractivity contribution in [2.45, 2.75) is 71.6 Å². The number of urea groups is 1. The van der Waals surface area contributed by atoms with Gasteiger partial charge in [0, 0.05) is 13.1 Å². The number of carboxylic acids is 1. The van der Waals surface area contributed by atoms with Gasteiger partial charge in [0.15, 0.2) is 5.69 Å². The molecule has 0 bridgehead atoms. The Labute approximate surface area is 193 Å². The molecule has 0 spiro atoms. The topological polar surface area (TPSA) is 137 Å². The number of anilines is 1. The number of pyridine rings is 1. The molecule has 1 saturated heterocycles. The van der Waals surface area contributed by atoms with E-state index in [1.807, 2.05) is 4.90 Å². The molecule has 10 nitrogen and oxygen atoms in total. The summed E-state index contributed by atoms with van der Waals surface area (Å²) in [5.41, 5.74) is 1.73. The van der Waals surface area contributed by atoms with Gasteiger partial charge in [0.1, 0.15) is 0 Å². The van der Waals surface area contributed by atoms with Crippen molar-refractivity contribution in [2.75, 3.05) is 18.4 Å². The van der Waals surface area contributed by atoms with Gasteiger partial charge in [-0.2, -0.15) is 5.21 Å². The number of carbonyl (C=O) groups is 2. The highest BCUT2D eigenvalue weighted by Gasteiger charge is 2.33. The van der Waals surface area contributed by atoms with E-state index in [4.69, 9.17) is 0 Å². The second-order valence-corrected chi connectivity index (χ2v) is 10.2. The predicted molar refractivity (Wildman–Crippen MR) is 123 cm³/mol. The molecule has 0 aromatic carbocycles. The first-order chi connectivity index (χ1) is 15.8. The summed E-state index contributed by atoms with van der Waals surface area (Å²) in [7, 11) is 0. The van der Waals surface area contributed by atoms with Crippen molar-refractivity contribution in [3.8, 4) is 11.4 Å². The number of hydrogen-bond acceptors (Lipinski definition) is 6. The second kappa shape index (κ2) is 9.44. The number of nitrogens with one attached hydrogen (secondary N) is 2. The standard InChI is InChI=1S/C23H33N7O3/c1-23(2,3)15-9-11-30(12-10-15)22(33)25-16-13-24-19(21(31)32)18(20-26-28-29-27-20)17(16)14-7-5-4-6-8-14/h13-15H,4-12H2,1-3H3,(H,25,33)(H,31,32)(H,26,27,28,29). The maximum absolute atomic E-state index is 13.2. The third-order valence-electron chi connectivity index (χ3n) is 7.15. The molecule has 2 amide bonds. The van der Waals surface area contributed by atoms with E-state index in [2.05, 4.69) is 51.7 Å². The lowest BCUT2D eigenvalue weighted by atomic mass is 9.75. The van der Waals surface area contributed by atoms with E-state index in [9.17, 15) is 14.7 Å². The van der Waals surface area contributed by atoms with E-state index in [0.29, 0.717) is 30.3 Å². The van der Waals surface area contributed by atoms with Crippen LogP contribution in [0.15, 0.2) is 6.20 Å². The van der Waals surface area contributed by atoms with Gasteiger partial charge in [0.25, 0.3) is 0 Å². The van der Waals surface area contributed by atoms with Crippen LogP contribution in [0.2, 0.25) is 0 Å². The van der Waals surface area contributed by atoms with Gasteiger partial charge in [-0.1, -0.05) is 40.0 Å². The minimum atomic E-state index is -1.16.